The van der Waals surface area contributed by atoms with E-state index in [4.69, 9.17) is 0 Å². The van der Waals surface area contributed by atoms with Crippen molar-refractivity contribution in [3.63, 3.8) is 0 Å². The summed E-state index contributed by atoms with van der Waals surface area (Å²) in [6, 6.07) is 0. The lowest BCUT2D eigenvalue weighted by Crippen LogP contribution is -2.41. The number of hydrogen-bond donors (Lipinski definition) is 0. The van der Waals surface area contributed by atoms with Crippen molar-refractivity contribution in [3.8, 4) is 0 Å². The van der Waals surface area contributed by atoms with Crippen molar-refractivity contribution < 1.29 is 4.48 Å². The van der Waals surface area contributed by atoms with Crippen LogP contribution in [0.1, 0.15) is 97.8 Å². The summed E-state index contributed by atoms with van der Waals surface area (Å²) >= 11 is 0. The summed E-state index contributed by atoms with van der Waals surface area (Å²) in [6.07, 6.45) is 17.3. The Morgan fingerprint density at radius 2 is 1.05 bits per heavy atom. The molecular weight excluding hydrogens is 254 g/mol. The lowest BCUT2D eigenvalue weighted by Gasteiger charge is -2.30. The van der Waals surface area contributed by atoms with Crippen LogP contribution in [0.5, 0.6) is 0 Å². The molecular formula is C20H44N+. The maximum absolute atomic E-state index is 2.40. The molecule has 0 rings (SSSR count). The molecule has 0 atom stereocenters. The highest BCUT2D eigenvalue weighted by atomic mass is 15.3. The van der Waals surface area contributed by atoms with Gasteiger partial charge in [-0.2, -0.15) is 0 Å². The SMILES string of the molecule is CCCCCCCCCCCCC[N+](C)(C)CCC(C)C. The van der Waals surface area contributed by atoms with E-state index in [1.807, 2.05) is 0 Å². The smallest absolute Gasteiger partial charge is 0.0784 e. The Balaban J connectivity index is 3.27. The minimum absolute atomic E-state index is 0.847. The second-order valence-electron chi connectivity index (χ2n) is 8.10. The van der Waals surface area contributed by atoms with Crippen LogP contribution in [0.2, 0.25) is 0 Å². The molecule has 0 heterocycles. The molecule has 0 amide bonds. The molecule has 0 aromatic heterocycles. The predicted octanol–water partition coefficient (Wildman–Crippen LogP) is 6.42. The standard InChI is InChI=1S/C20H44N/c1-6-7-8-9-10-11-12-13-14-15-16-18-21(4,5)19-17-20(2)3/h20H,6-19H2,1-5H3/q+1. The lowest BCUT2D eigenvalue weighted by atomic mass is 10.1. The Hall–Kier alpha value is -0.0400. The van der Waals surface area contributed by atoms with E-state index in [9.17, 15) is 0 Å². The molecule has 1 heteroatoms. The molecule has 0 spiro atoms. The summed E-state index contributed by atoms with van der Waals surface area (Å²) in [5.74, 6) is 0.847. The molecule has 0 saturated carbocycles. The highest BCUT2D eigenvalue weighted by Gasteiger charge is 2.14. The highest BCUT2D eigenvalue weighted by molar-refractivity contribution is 4.49. The molecule has 21 heavy (non-hydrogen) atoms. The van der Waals surface area contributed by atoms with Crippen LogP contribution in [0.3, 0.4) is 0 Å². The van der Waals surface area contributed by atoms with Gasteiger partial charge in [0.25, 0.3) is 0 Å². The Morgan fingerprint density at radius 3 is 1.48 bits per heavy atom. The number of hydrogen-bond acceptors (Lipinski definition) is 0. The second-order valence-corrected chi connectivity index (χ2v) is 8.10. The van der Waals surface area contributed by atoms with Gasteiger partial charge in [0.15, 0.2) is 0 Å². The first-order valence-corrected chi connectivity index (χ1v) is 9.80. The van der Waals surface area contributed by atoms with Gasteiger partial charge in [-0.05, 0) is 25.2 Å². The molecule has 0 N–H and O–H groups in total. The van der Waals surface area contributed by atoms with Gasteiger partial charge in [0.1, 0.15) is 0 Å². The van der Waals surface area contributed by atoms with Crippen LogP contribution in [0.25, 0.3) is 0 Å². The van der Waals surface area contributed by atoms with Gasteiger partial charge in [0.05, 0.1) is 27.2 Å². The summed E-state index contributed by atoms with van der Waals surface area (Å²) in [7, 11) is 4.80. The molecule has 0 saturated heterocycles. The third-order valence-electron chi connectivity index (χ3n) is 4.68. The third kappa shape index (κ3) is 16.2. The molecule has 0 aromatic rings. The van der Waals surface area contributed by atoms with E-state index in [1.54, 1.807) is 0 Å². The largest absolute Gasteiger partial charge is 0.328 e. The van der Waals surface area contributed by atoms with E-state index in [1.165, 1.54) is 94.6 Å². The fraction of sp³-hybridized carbons (Fsp3) is 1.00. The minimum atomic E-state index is 0.847. The topological polar surface area (TPSA) is 0 Å². The molecule has 0 bridgehead atoms. The summed E-state index contributed by atoms with van der Waals surface area (Å²) in [6.45, 7) is 9.67. The minimum Gasteiger partial charge on any atom is -0.328 e. The van der Waals surface area contributed by atoms with E-state index < -0.39 is 0 Å². The van der Waals surface area contributed by atoms with Crippen molar-refractivity contribution in [3.05, 3.63) is 0 Å². The van der Waals surface area contributed by atoms with Crippen LogP contribution in [0, 0.1) is 5.92 Å². The fourth-order valence-corrected chi connectivity index (χ4v) is 2.92. The molecule has 0 aromatic carbocycles. The van der Waals surface area contributed by atoms with E-state index >= 15 is 0 Å². The van der Waals surface area contributed by atoms with E-state index in [0.717, 1.165) is 5.92 Å². The average Bonchev–Trinajstić information content (AvgIpc) is 2.43. The van der Waals surface area contributed by atoms with Crippen molar-refractivity contribution in [2.24, 2.45) is 5.92 Å². The Kier molecular flexibility index (Phi) is 13.6. The normalized spacial score (nSPS) is 12.3. The molecule has 0 radical (unpaired) electrons. The first-order valence-electron chi connectivity index (χ1n) is 9.80. The zero-order chi connectivity index (χ0) is 16.0. The maximum Gasteiger partial charge on any atom is 0.0784 e. The van der Waals surface area contributed by atoms with Gasteiger partial charge < -0.3 is 4.48 Å². The Labute approximate surface area is 136 Å². The molecule has 128 valence electrons. The summed E-state index contributed by atoms with van der Waals surface area (Å²) in [4.78, 5) is 0. The van der Waals surface area contributed by atoms with Crippen LogP contribution < -0.4 is 0 Å². The van der Waals surface area contributed by atoms with Crippen molar-refractivity contribution in [2.75, 3.05) is 27.2 Å². The van der Waals surface area contributed by atoms with Gasteiger partial charge in [-0.1, -0.05) is 78.6 Å². The number of nitrogens with zero attached hydrogens (tertiary/aromatic N) is 1. The summed E-state index contributed by atoms with van der Waals surface area (Å²) in [5.41, 5.74) is 0. The fourth-order valence-electron chi connectivity index (χ4n) is 2.92. The van der Waals surface area contributed by atoms with Gasteiger partial charge in [-0.3, -0.25) is 0 Å². The first kappa shape index (κ1) is 21.0. The molecule has 1 nitrogen and oxygen atoms in total. The van der Waals surface area contributed by atoms with Gasteiger partial charge in [-0.25, -0.2) is 0 Å². The van der Waals surface area contributed by atoms with E-state index in [0.29, 0.717) is 0 Å². The van der Waals surface area contributed by atoms with Gasteiger partial charge >= 0.3 is 0 Å². The van der Waals surface area contributed by atoms with E-state index in [-0.39, 0.29) is 0 Å². The highest BCUT2D eigenvalue weighted by Crippen LogP contribution is 2.13. The molecule has 0 aliphatic carbocycles. The van der Waals surface area contributed by atoms with Gasteiger partial charge in [0, 0.05) is 0 Å². The molecule has 0 unspecified atom stereocenters. The number of quaternary nitrogens is 1. The van der Waals surface area contributed by atoms with Gasteiger partial charge in [-0.15, -0.1) is 0 Å². The average molecular weight is 299 g/mol. The Morgan fingerprint density at radius 1 is 0.619 bits per heavy atom. The van der Waals surface area contributed by atoms with Crippen molar-refractivity contribution in [1.82, 2.24) is 0 Å². The summed E-state index contributed by atoms with van der Waals surface area (Å²) in [5, 5.41) is 0. The van der Waals surface area contributed by atoms with Crippen molar-refractivity contribution in [2.45, 2.75) is 97.8 Å². The molecule has 0 aliphatic heterocycles. The zero-order valence-corrected chi connectivity index (χ0v) is 15.9. The van der Waals surface area contributed by atoms with Crippen LogP contribution >= 0.6 is 0 Å². The Bertz CT molecular complexity index is 208. The first-order chi connectivity index (χ1) is 9.98. The predicted molar refractivity (Wildman–Crippen MR) is 97.8 cm³/mol. The van der Waals surface area contributed by atoms with Crippen LogP contribution in [0.4, 0.5) is 0 Å². The molecule has 0 fully saturated rings. The third-order valence-corrected chi connectivity index (χ3v) is 4.68. The van der Waals surface area contributed by atoms with Crippen LogP contribution in [-0.4, -0.2) is 31.7 Å². The summed E-state index contributed by atoms with van der Waals surface area (Å²) < 4.78 is 1.22. The monoisotopic (exact) mass is 298 g/mol. The maximum atomic E-state index is 2.40. The van der Waals surface area contributed by atoms with Crippen LogP contribution in [0.15, 0.2) is 0 Å². The quantitative estimate of drug-likeness (QED) is 0.242. The van der Waals surface area contributed by atoms with Crippen LogP contribution in [-0.2, 0) is 0 Å². The number of rotatable bonds is 15. The van der Waals surface area contributed by atoms with Crippen molar-refractivity contribution in [1.29, 1.82) is 0 Å². The van der Waals surface area contributed by atoms with Gasteiger partial charge in [0.2, 0.25) is 0 Å². The lowest BCUT2D eigenvalue weighted by molar-refractivity contribution is -0.891. The van der Waals surface area contributed by atoms with E-state index in [2.05, 4.69) is 34.9 Å². The second kappa shape index (κ2) is 13.6. The molecule has 0 aliphatic rings. The zero-order valence-electron chi connectivity index (χ0n) is 15.9. The van der Waals surface area contributed by atoms with Crippen molar-refractivity contribution >= 4 is 0 Å². The number of unbranched alkanes of at least 4 members (excludes halogenated alkanes) is 10.